The maximum atomic E-state index is 15.0. The summed E-state index contributed by atoms with van der Waals surface area (Å²) in [6.07, 6.45) is 19.9. The van der Waals surface area contributed by atoms with E-state index in [0.717, 1.165) is 92.7 Å². The number of amides is 1. The molecule has 2 aliphatic heterocycles. The number of nitrogens with zero attached hydrogens (tertiary/aromatic N) is 3. The van der Waals surface area contributed by atoms with Gasteiger partial charge in [0.15, 0.2) is 0 Å². The Balaban J connectivity index is 1.44. The van der Waals surface area contributed by atoms with Crippen molar-refractivity contribution in [2.45, 2.75) is 140 Å². The number of fused-ring (bicyclic) bond motifs is 2. The predicted molar refractivity (Wildman–Crippen MR) is 243 cm³/mol. The lowest BCUT2D eigenvalue weighted by atomic mass is 9.55. The lowest BCUT2D eigenvalue weighted by Gasteiger charge is -2.60. The van der Waals surface area contributed by atoms with E-state index in [1.54, 1.807) is 25.3 Å². The summed E-state index contributed by atoms with van der Waals surface area (Å²) in [5, 5.41) is 24.6. The molecule has 0 aromatic heterocycles. The Morgan fingerprint density at radius 1 is 0.968 bits per heavy atom. The highest BCUT2D eigenvalue weighted by atomic mass is 19.1. The van der Waals surface area contributed by atoms with E-state index in [1.807, 2.05) is 17.0 Å². The van der Waals surface area contributed by atoms with E-state index in [1.165, 1.54) is 50.7 Å². The number of aliphatic hydroxyl groups is 2. The van der Waals surface area contributed by atoms with Crippen molar-refractivity contribution in [3.05, 3.63) is 83.7 Å². The molecule has 2 heterocycles. The van der Waals surface area contributed by atoms with Gasteiger partial charge in [-0.1, -0.05) is 101 Å². The predicted octanol–water partition coefficient (Wildman–Crippen LogP) is 9.73. The van der Waals surface area contributed by atoms with Crippen molar-refractivity contribution >= 4 is 11.6 Å². The van der Waals surface area contributed by atoms with Crippen LogP contribution in [0.2, 0.25) is 0 Å². The number of hydrogen-bond donors (Lipinski definition) is 2. The average Bonchev–Trinajstić information content (AvgIpc) is 4.11. The highest BCUT2D eigenvalue weighted by molar-refractivity contribution is 6.03. The smallest absolute Gasteiger partial charge is 0.239 e. The van der Waals surface area contributed by atoms with Crippen molar-refractivity contribution in [3.63, 3.8) is 0 Å². The highest BCUT2D eigenvalue weighted by Gasteiger charge is 2.65. The van der Waals surface area contributed by atoms with E-state index < -0.39 is 17.7 Å². The number of unbranched alkanes of at least 4 members (excludes halogenated alkanes) is 10. The number of ether oxygens (including phenoxy) is 3. The number of benzene rings is 2. The van der Waals surface area contributed by atoms with Crippen LogP contribution in [-0.2, 0) is 20.9 Å². The van der Waals surface area contributed by atoms with Crippen LogP contribution in [0.25, 0.3) is 0 Å². The molecule has 1 amide bonds. The van der Waals surface area contributed by atoms with Gasteiger partial charge in [-0.05, 0) is 85.4 Å². The van der Waals surface area contributed by atoms with Crippen LogP contribution in [0.3, 0.4) is 0 Å². The molecule has 0 radical (unpaired) electrons. The van der Waals surface area contributed by atoms with Crippen molar-refractivity contribution < 1.29 is 38.4 Å². The molecule has 1 saturated heterocycles. The van der Waals surface area contributed by atoms with Crippen LogP contribution in [0.1, 0.15) is 133 Å². The number of carbonyl (C=O) groups is 1. The maximum Gasteiger partial charge on any atom is 0.239 e. The van der Waals surface area contributed by atoms with Gasteiger partial charge in [-0.3, -0.25) is 9.69 Å². The van der Waals surface area contributed by atoms with Crippen LogP contribution in [0.15, 0.2) is 71.9 Å². The summed E-state index contributed by atoms with van der Waals surface area (Å²) in [5.41, 5.74) is 3.59. The van der Waals surface area contributed by atoms with Crippen LogP contribution in [0, 0.1) is 23.6 Å². The van der Waals surface area contributed by atoms with Crippen molar-refractivity contribution in [2.24, 2.45) is 22.9 Å². The van der Waals surface area contributed by atoms with Crippen LogP contribution in [-0.4, -0.2) is 96.6 Å². The van der Waals surface area contributed by atoms with Gasteiger partial charge in [-0.2, -0.15) is 0 Å². The van der Waals surface area contributed by atoms with Gasteiger partial charge in [0.25, 0.3) is 0 Å². The molecule has 2 N–H and O–H groups in total. The third kappa shape index (κ3) is 12.3. The van der Waals surface area contributed by atoms with Gasteiger partial charge in [0.2, 0.25) is 11.7 Å². The second kappa shape index (κ2) is 24.3. The number of carbonyl (C=O) groups excluding carboxylic acids is 1. The first kappa shape index (κ1) is 47.7. The molecule has 2 fully saturated rings. The first-order chi connectivity index (χ1) is 30.4. The van der Waals surface area contributed by atoms with E-state index in [2.05, 4.69) is 30.5 Å². The lowest BCUT2D eigenvalue weighted by molar-refractivity contribution is -0.258. The standard InChI is InChI=1S/C51H74FN3O7/c1-4-6-7-8-9-10-11-12-13-20-48(58)55(37-38-21-23-40(52)24-22-38)47-36-45(53-59-3)43-34-39(18-14-16-30-56)42(19-15-17-31-57)49-44-35-41(60-33-29-54-27-28-54)25-26-46(44)62-51(47,50(43)49)61-32-5-2/h5,21-26,34-35,39,42,47,49-50,56-57H,2,4,6-20,27-33,36-37H2,1,3H3/t39-,42+,47-,49+,50+,51+/m0/s1. The summed E-state index contributed by atoms with van der Waals surface area (Å²) >= 11 is 0. The molecule has 2 aromatic carbocycles. The van der Waals surface area contributed by atoms with Gasteiger partial charge < -0.3 is 34.2 Å². The van der Waals surface area contributed by atoms with Gasteiger partial charge in [0.05, 0.1) is 18.2 Å². The fourth-order valence-corrected chi connectivity index (χ4v) is 10.3. The van der Waals surface area contributed by atoms with Crippen molar-refractivity contribution in [3.8, 4) is 11.5 Å². The van der Waals surface area contributed by atoms with Gasteiger partial charge in [0, 0.05) is 63.7 Å². The normalized spacial score (nSPS) is 24.4. The lowest BCUT2D eigenvalue weighted by Crippen LogP contribution is -2.70. The monoisotopic (exact) mass is 860 g/mol. The van der Waals surface area contributed by atoms with E-state index in [-0.39, 0.29) is 55.8 Å². The number of rotatable bonds is 29. The highest BCUT2D eigenvalue weighted by Crippen LogP contribution is 2.62. The Bertz CT molecular complexity index is 1770. The fraction of sp³-hybridized carbons (Fsp3) is 0.647. The molecule has 2 aromatic rings. The Hall–Kier alpha value is -3.77. The molecule has 6 atom stereocenters. The second-order valence-electron chi connectivity index (χ2n) is 17.9. The summed E-state index contributed by atoms with van der Waals surface area (Å²) in [7, 11) is 1.56. The summed E-state index contributed by atoms with van der Waals surface area (Å²) in [6.45, 7) is 10.6. The van der Waals surface area contributed by atoms with Crippen LogP contribution >= 0.6 is 0 Å². The molecule has 11 heteroatoms. The zero-order valence-electron chi connectivity index (χ0n) is 37.6. The SMILES string of the molecule is C=CCO[C@@]12Oc3ccc(OCCN4CC4)cc3[C@H]3[C@H](CCCCO)[C@@H](CCCCO)C=C(C(=NOC)C[C@@H]1N(Cc1ccc(F)cc1)C(=O)CCCCCCCCCCC)[C@H]32. The molecular weight excluding hydrogens is 786 g/mol. The molecule has 342 valence electrons. The van der Waals surface area contributed by atoms with Gasteiger partial charge in [0.1, 0.15) is 37.1 Å². The fourth-order valence-electron chi connectivity index (χ4n) is 10.3. The molecule has 0 unspecified atom stereocenters. The molecule has 0 spiro atoms. The summed E-state index contributed by atoms with van der Waals surface area (Å²) in [5.74, 6) is -0.514. The molecular formula is C51H74FN3O7. The van der Waals surface area contributed by atoms with E-state index in [0.29, 0.717) is 38.0 Å². The van der Waals surface area contributed by atoms with Gasteiger partial charge in [-0.25, -0.2) is 4.39 Å². The van der Waals surface area contributed by atoms with Gasteiger partial charge >= 0.3 is 0 Å². The molecule has 10 nitrogen and oxygen atoms in total. The Morgan fingerprint density at radius 3 is 2.35 bits per heavy atom. The van der Waals surface area contributed by atoms with Crippen LogP contribution in [0.5, 0.6) is 11.5 Å². The zero-order chi connectivity index (χ0) is 43.7. The third-order valence-corrected chi connectivity index (χ3v) is 13.5. The zero-order valence-corrected chi connectivity index (χ0v) is 37.6. The van der Waals surface area contributed by atoms with E-state index in [9.17, 15) is 19.4 Å². The Labute approximate surface area is 370 Å². The van der Waals surface area contributed by atoms with E-state index in [4.69, 9.17) is 24.2 Å². The Kier molecular flexibility index (Phi) is 18.7. The van der Waals surface area contributed by atoms with Crippen LogP contribution < -0.4 is 9.47 Å². The number of oxime groups is 1. The summed E-state index contributed by atoms with van der Waals surface area (Å²) in [6, 6.07) is 11.9. The molecule has 1 saturated carbocycles. The van der Waals surface area contributed by atoms with Gasteiger partial charge in [-0.15, -0.1) is 6.58 Å². The molecule has 0 bridgehead atoms. The van der Waals surface area contributed by atoms with Crippen molar-refractivity contribution in [1.29, 1.82) is 0 Å². The summed E-state index contributed by atoms with van der Waals surface area (Å²) in [4.78, 5) is 24.9. The minimum absolute atomic E-state index is 0.00803. The first-order valence-corrected chi connectivity index (χ1v) is 23.9. The molecule has 4 aliphatic rings. The van der Waals surface area contributed by atoms with E-state index >= 15 is 0 Å². The van der Waals surface area contributed by atoms with Crippen LogP contribution in [0.4, 0.5) is 4.39 Å². The largest absolute Gasteiger partial charge is 0.492 e. The average molecular weight is 860 g/mol. The number of allylic oxidation sites excluding steroid dienone is 1. The first-order valence-electron chi connectivity index (χ1n) is 23.9. The maximum absolute atomic E-state index is 15.0. The van der Waals surface area contributed by atoms with Crippen molar-refractivity contribution in [2.75, 3.05) is 53.2 Å². The Morgan fingerprint density at radius 2 is 1.68 bits per heavy atom. The number of halogens is 1. The summed E-state index contributed by atoms with van der Waals surface area (Å²) < 4.78 is 35.3. The molecule has 62 heavy (non-hydrogen) atoms. The molecule has 6 rings (SSSR count). The topological polar surface area (TPSA) is 113 Å². The minimum Gasteiger partial charge on any atom is -0.492 e. The number of aliphatic hydroxyl groups excluding tert-OH is 2. The molecule has 2 aliphatic carbocycles. The second-order valence-corrected chi connectivity index (χ2v) is 17.9. The minimum atomic E-state index is -1.36. The quantitative estimate of drug-likeness (QED) is 0.0360. The van der Waals surface area contributed by atoms with Crippen molar-refractivity contribution in [1.82, 2.24) is 9.80 Å². The third-order valence-electron chi connectivity index (χ3n) is 13.5. The number of hydrogen-bond acceptors (Lipinski definition) is 9.